The second-order valence-corrected chi connectivity index (χ2v) is 3.97. The molecule has 0 aromatic rings. The largest absolute Gasteiger partial charge is 0.481 e. The van der Waals surface area contributed by atoms with E-state index >= 15 is 0 Å². The van der Waals surface area contributed by atoms with E-state index in [0.29, 0.717) is 23.7 Å². The lowest BCUT2D eigenvalue weighted by Gasteiger charge is -2.03. The van der Waals surface area contributed by atoms with Crippen LogP contribution in [0.15, 0.2) is 12.2 Å². The molecule has 2 fully saturated rings. The normalized spacial score (nSPS) is 56.2. The Morgan fingerprint density at radius 2 is 1.82 bits per heavy atom. The van der Waals surface area contributed by atoms with E-state index in [0.717, 1.165) is 0 Å². The average molecular weight is 150 g/mol. The maximum absolute atomic E-state index is 10.7. The number of hydrogen-bond donors (Lipinski definition) is 1. The summed E-state index contributed by atoms with van der Waals surface area (Å²) in [4.78, 5) is 10.7. The summed E-state index contributed by atoms with van der Waals surface area (Å²) in [6.45, 7) is 0. The molecule has 5 atom stereocenters. The fourth-order valence-corrected chi connectivity index (χ4v) is 3.12. The van der Waals surface area contributed by atoms with Gasteiger partial charge in [0.05, 0.1) is 5.92 Å². The molecule has 0 amide bonds. The van der Waals surface area contributed by atoms with Crippen molar-refractivity contribution >= 4 is 5.97 Å². The van der Waals surface area contributed by atoms with Gasteiger partial charge in [0.1, 0.15) is 0 Å². The van der Waals surface area contributed by atoms with Crippen LogP contribution in [0.4, 0.5) is 0 Å². The molecule has 3 aliphatic rings. The van der Waals surface area contributed by atoms with Crippen molar-refractivity contribution in [3.63, 3.8) is 0 Å². The van der Waals surface area contributed by atoms with Gasteiger partial charge < -0.3 is 5.11 Å². The number of rotatable bonds is 1. The molecule has 0 radical (unpaired) electrons. The van der Waals surface area contributed by atoms with Gasteiger partial charge in [0, 0.05) is 0 Å². The van der Waals surface area contributed by atoms with E-state index in [-0.39, 0.29) is 5.92 Å². The van der Waals surface area contributed by atoms with Crippen molar-refractivity contribution in [2.45, 2.75) is 6.42 Å². The minimum atomic E-state index is -0.571. The second kappa shape index (κ2) is 1.52. The quantitative estimate of drug-likeness (QED) is 0.569. The Kier molecular flexibility index (Phi) is 0.803. The van der Waals surface area contributed by atoms with Crippen LogP contribution >= 0.6 is 0 Å². The molecule has 2 nitrogen and oxygen atoms in total. The molecule has 3 aliphatic carbocycles. The smallest absolute Gasteiger partial charge is 0.307 e. The van der Waals surface area contributed by atoms with Crippen molar-refractivity contribution in [2.24, 2.45) is 29.6 Å². The van der Waals surface area contributed by atoms with Crippen molar-refractivity contribution < 1.29 is 9.90 Å². The van der Waals surface area contributed by atoms with E-state index in [1.807, 2.05) is 0 Å². The van der Waals surface area contributed by atoms with Gasteiger partial charge in [-0.15, -0.1) is 0 Å². The van der Waals surface area contributed by atoms with Crippen LogP contribution in [0.5, 0.6) is 0 Å². The second-order valence-electron chi connectivity index (χ2n) is 3.97. The summed E-state index contributed by atoms with van der Waals surface area (Å²) in [5.74, 6) is 1.70. The highest BCUT2D eigenvalue weighted by Crippen LogP contribution is 2.66. The van der Waals surface area contributed by atoms with Gasteiger partial charge in [-0.25, -0.2) is 0 Å². The molecule has 0 aromatic heterocycles. The predicted octanol–water partition coefficient (Wildman–Crippen LogP) is 1.14. The number of allylic oxidation sites excluding steroid dienone is 2. The molecule has 0 saturated heterocycles. The molecule has 2 bridgehead atoms. The van der Waals surface area contributed by atoms with Crippen molar-refractivity contribution in [2.75, 3.05) is 0 Å². The maximum Gasteiger partial charge on any atom is 0.307 e. The topological polar surface area (TPSA) is 37.3 Å². The van der Waals surface area contributed by atoms with E-state index in [9.17, 15) is 4.79 Å². The minimum absolute atomic E-state index is 0.00810. The Morgan fingerprint density at radius 1 is 1.27 bits per heavy atom. The summed E-state index contributed by atoms with van der Waals surface area (Å²) in [6, 6.07) is 0. The fraction of sp³-hybridized carbons (Fsp3) is 0.667. The first-order valence-electron chi connectivity index (χ1n) is 4.20. The van der Waals surface area contributed by atoms with Gasteiger partial charge in [0.25, 0.3) is 0 Å². The number of hydrogen-bond acceptors (Lipinski definition) is 1. The number of carboxylic acids is 1. The zero-order chi connectivity index (χ0) is 7.59. The Balaban J connectivity index is 1.90. The lowest BCUT2D eigenvalue weighted by atomic mass is 10.0. The highest BCUT2D eigenvalue weighted by Gasteiger charge is 2.66. The highest BCUT2D eigenvalue weighted by molar-refractivity contribution is 5.75. The molecule has 2 heteroatoms. The SMILES string of the molecule is O=C(O)C1[C@H]2[C@H]1[C@H]1C=C[C@@H]2C1. The van der Waals surface area contributed by atoms with Gasteiger partial charge in [-0.1, -0.05) is 12.2 Å². The first kappa shape index (κ1) is 5.81. The number of carbonyl (C=O) groups is 1. The molecule has 2 saturated carbocycles. The van der Waals surface area contributed by atoms with Crippen LogP contribution in [-0.2, 0) is 4.79 Å². The van der Waals surface area contributed by atoms with E-state index in [1.54, 1.807) is 0 Å². The molecule has 0 aromatic carbocycles. The molecule has 58 valence electrons. The van der Waals surface area contributed by atoms with Crippen LogP contribution in [0, 0.1) is 29.6 Å². The first-order chi connectivity index (χ1) is 5.29. The fourth-order valence-electron chi connectivity index (χ4n) is 3.12. The van der Waals surface area contributed by atoms with Crippen LogP contribution in [0.2, 0.25) is 0 Å². The zero-order valence-corrected chi connectivity index (χ0v) is 6.10. The summed E-state index contributed by atoms with van der Waals surface area (Å²) in [5.41, 5.74) is 0. The lowest BCUT2D eigenvalue weighted by molar-refractivity contribution is -0.139. The summed E-state index contributed by atoms with van der Waals surface area (Å²) in [7, 11) is 0. The monoisotopic (exact) mass is 150 g/mol. The Hall–Kier alpha value is -0.790. The molecule has 0 spiro atoms. The third-order valence-electron chi connectivity index (χ3n) is 3.56. The number of aliphatic carboxylic acids is 1. The third-order valence-corrected chi connectivity index (χ3v) is 3.56. The summed E-state index contributed by atoms with van der Waals surface area (Å²) in [6.07, 6.45) is 5.67. The maximum atomic E-state index is 10.7. The van der Waals surface area contributed by atoms with Crippen molar-refractivity contribution in [3.05, 3.63) is 12.2 Å². The third kappa shape index (κ3) is 0.525. The molecule has 0 aliphatic heterocycles. The van der Waals surface area contributed by atoms with E-state index in [1.165, 1.54) is 6.42 Å². The first-order valence-corrected chi connectivity index (χ1v) is 4.20. The Labute approximate surface area is 64.9 Å². The van der Waals surface area contributed by atoms with E-state index < -0.39 is 5.97 Å². The summed E-state index contributed by atoms with van der Waals surface area (Å²) < 4.78 is 0. The molecular formula is C9H10O2. The summed E-state index contributed by atoms with van der Waals surface area (Å²) in [5, 5.41) is 8.79. The molecule has 0 heterocycles. The zero-order valence-electron chi connectivity index (χ0n) is 6.10. The Bertz CT molecular complexity index is 238. The molecular weight excluding hydrogens is 140 g/mol. The number of fused-ring (bicyclic) bond motifs is 5. The highest BCUT2D eigenvalue weighted by atomic mass is 16.4. The molecule has 1 N–H and O–H groups in total. The van der Waals surface area contributed by atoms with Crippen LogP contribution in [0.1, 0.15) is 6.42 Å². The van der Waals surface area contributed by atoms with E-state index in [2.05, 4.69) is 12.2 Å². The standard InChI is InChI=1S/C9H10O2/c10-9(11)8-6-4-1-2-5(3-4)7(6)8/h1-2,4-8H,3H2,(H,10,11)/t4-,5+,6-,7-,8?/m1/s1. The van der Waals surface area contributed by atoms with Crippen LogP contribution in [0.3, 0.4) is 0 Å². The van der Waals surface area contributed by atoms with Crippen molar-refractivity contribution in [3.8, 4) is 0 Å². The van der Waals surface area contributed by atoms with Crippen LogP contribution in [-0.4, -0.2) is 11.1 Å². The number of carboxylic acid groups (broad SMARTS) is 1. The van der Waals surface area contributed by atoms with Crippen molar-refractivity contribution in [1.82, 2.24) is 0 Å². The average Bonchev–Trinajstić information content (AvgIpc) is 2.44. The Morgan fingerprint density at radius 3 is 2.27 bits per heavy atom. The van der Waals surface area contributed by atoms with Gasteiger partial charge in [0.15, 0.2) is 0 Å². The van der Waals surface area contributed by atoms with Gasteiger partial charge in [-0.3, -0.25) is 4.79 Å². The lowest BCUT2D eigenvalue weighted by Crippen LogP contribution is -2.08. The van der Waals surface area contributed by atoms with Crippen LogP contribution < -0.4 is 0 Å². The van der Waals surface area contributed by atoms with E-state index in [4.69, 9.17) is 5.11 Å². The molecule has 1 unspecified atom stereocenters. The van der Waals surface area contributed by atoms with Gasteiger partial charge >= 0.3 is 5.97 Å². The minimum Gasteiger partial charge on any atom is -0.481 e. The molecule has 11 heavy (non-hydrogen) atoms. The van der Waals surface area contributed by atoms with Gasteiger partial charge in [-0.05, 0) is 30.1 Å². The predicted molar refractivity (Wildman–Crippen MR) is 38.8 cm³/mol. The molecule has 3 rings (SSSR count). The van der Waals surface area contributed by atoms with Gasteiger partial charge in [0.2, 0.25) is 0 Å². The summed E-state index contributed by atoms with van der Waals surface area (Å²) >= 11 is 0. The van der Waals surface area contributed by atoms with Crippen LogP contribution in [0.25, 0.3) is 0 Å². The van der Waals surface area contributed by atoms with Gasteiger partial charge in [-0.2, -0.15) is 0 Å². The van der Waals surface area contributed by atoms with Crippen molar-refractivity contribution in [1.29, 1.82) is 0 Å².